The SMILES string of the molecule is Cc1ccc(S(=O)(=O)N2CCCCC2)cc1NC(=O)Cc1coc2c(C)c(C)ccc12. The van der Waals surface area contributed by atoms with Crippen molar-refractivity contribution in [2.24, 2.45) is 0 Å². The summed E-state index contributed by atoms with van der Waals surface area (Å²) in [5.74, 6) is -0.212. The number of sulfonamides is 1. The minimum atomic E-state index is -3.56. The van der Waals surface area contributed by atoms with Gasteiger partial charge in [0.2, 0.25) is 15.9 Å². The second kappa shape index (κ2) is 8.48. The Kier molecular flexibility index (Phi) is 5.90. The molecule has 31 heavy (non-hydrogen) atoms. The molecule has 164 valence electrons. The van der Waals surface area contributed by atoms with Gasteiger partial charge in [0.15, 0.2) is 0 Å². The molecule has 0 atom stereocenters. The second-order valence-electron chi connectivity index (χ2n) is 8.31. The maximum absolute atomic E-state index is 13.0. The Morgan fingerprint density at radius 2 is 1.74 bits per heavy atom. The lowest BCUT2D eigenvalue weighted by Crippen LogP contribution is -2.35. The number of aryl methyl sites for hydroxylation is 3. The number of anilines is 1. The molecule has 3 aromatic rings. The fraction of sp³-hybridized carbons (Fsp3) is 0.375. The first-order chi connectivity index (χ1) is 14.8. The smallest absolute Gasteiger partial charge is 0.243 e. The number of hydrogen-bond donors (Lipinski definition) is 1. The number of nitrogens with one attached hydrogen (secondary N) is 1. The number of benzene rings is 2. The van der Waals surface area contributed by atoms with Gasteiger partial charge in [0.1, 0.15) is 5.58 Å². The first-order valence-electron chi connectivity index (χ1n) is 10.6. The van der Waals surface area contributed by atoms with Gasteiger partial charge in [0.25, 0.3) is 0 Å². The number of hydrogen-bond acceptors (Lipinski definition) is 4. The van der Waals surface area contributed by atoms with Gasteiger partial charge in [-0.05, 0) is 62.4 Å². The number of carbonyl (C=O) groups excluding carboxylic acids is 1. The van der Waals surface area contributed by atoms with Crippen molar-refractivity contribution in [1.29, 1.82) is 0 Å². The zero-order chi connectivity index (χ0) is 22.2. The molecule has 2 heterocycles. The zero-order valence-corrected chi connectivity index (χ0v) is 19.0. The van der Waals surface area contributed by atoms with Crippen molar-refractivity contribution in [3.05, 3.63) is 58.8 Å². The number of furan rings is 1. The third kappa shape index (κ3) is 4.25. The van der Waals surface area contributed by atoms with Crippen molar-refractivity contribution in [2.45, 2.75) is 51.3 Å². The van der Waals surface area contributed by atoms with Crippen LogP contribution in [0.2, 0.25) is 0 Å². The molecule has 1 aliphatic heterocycles. The Morgan fingerprint density at radius 3 is 2.48 bits per heavy atom. The number of fused-ring (bicyclic) bond motifs is 1. The molecule has 1 N–H and O–H groups in total. The molecule has 1 aromatic heterocycles. The highest BCUT2D eigenvalue weighted by molar-refractivity contribution is 7.89. The van der Waals surface area contributed by atoms with E-state index in [1.54, 1.807) is 24.5 Å². The molecule has 2 aromatic carbocycles. The third-order valence-electron chi connectivity index (χ3n) is 6.13. The number of rotatable bonds is 5. The normalized spacial score (nSPS) is 15.3. The maximum atomic E-state index is 13.0. The molecule has 4 rings (SSSR count). The number of amides is 1. The van der Waals surface area contributed by atoms with Crippen molar-refractivity contribution < 1.29 is 17.6 Å². The van der Waals surface area contributed by atoms with Crippen LogP contribution in [0.5, 0.6) is 0 Å². The van der Waals surface area contributed by atoms with E-state index < -0.39 is 10.0 Å². The molecule has 1 amide bonds. The molecule has 7 heteroatoms. The summed E-state index contributed by atoms with van der Waals surface area (Å²) >= 11 is 0. The van der Waals surface area contributed by atoms with Gasteiger partial charge in [0.05, 0.1) is 17.6 Å². The fourth-order valence-electron chi connectivity index (χ4n) is 4.04. The molecule has 1 fully saturated rings. The monoisotopic (exact) mass is 440 g/mol. The minimum Gasteiger partial charge on any atom is -0.464 e. The van der Waals surface area contributed by atoms with Crippen LogP contribution in [-0.2, 0) is 21.2 Å². The molecular formula is C24H28N2O4S. The van der Waals surface area contributed by atoms with Crippen LogP contribution in [-0.4, -0.2) is 31.7 Å². The van der Waals surface area contributed by atoms with Crippen LogP contribution >= 0.6 is 0 Å². The Bertz CT molecular complexity index is 1240. The van der Waals surface area contributed by atoms with Crippen LogP contribution in [0.1, 0.15) is 41.5 Å². The molecule has 0 spiro atoms. The van der Waals surface area contributed by atoms with Crippen LogP contribution in [0, 0.1) is 20.8 Å². The fourth-order valence-corrected chi connectivity index (χ4v) is 5.59. The molecule has 0 unspecified atom stereocenters. The minimum absolute atomic E-state index is 0.151. The predicted octanol–water partition coefficient (Wildman–Crippen LogP) is 4.71. The van der Waals surface area contributed by atoms with Crippen LogP contribution in [0.3, 0.4) is 0 Å². The van der Waals surface area contributed by atoms with Gasteiger partial charge in [-0.1, -0.05) is 24.6 Å². The van der Waals surface area contributed by atoms with E-state index in [1.807, 2.05) is 32.9 Å². The Hall–Kier alpha value is -2.64. The summed E-state index contributed by atoms with van der Waals surface area (Å²) in [4.78, 5) is 13.0. The van der Waals surface area contributed by atoms with Gasteiger partial charge in [-0.15, -0.1) is 0 Å². The van der Waals surface area contributed by atoms with Gasteiger partial charge >= 0.3 is 0 Å². The van der Waals surface area contributed by atoms with E-state index in [0.29, 0.717) is 18.8 Å². The topological polar surface area (TPSA) is 79.6 Å². The lowest BCUT2D eigenvalue weighted by molar-refractivity contribution is -0.115. The van der Waals surface area contributed by atoms with Crippen molar-refractivity contribution in [3.63, 3.8) is 0 Å². The molecule has 0 radical (unpaired) electrons. The van der Waals surface area contributed by atoms with Crippen LogP contribution in [0.25, 0.3) is 11.0 Å². The van der Waals surface area contributed by atoms with Crippen molar-refractivity contribution in [2.75, 3.05) is 18.4 Å². The second-order valence-corrected chi connectivity index (χ2v) is 10.2. The summed E-state index contributed by atoms with van der Waals surface area (Å²) in [6, 6.07) is 8.92. The molecule has 0 saturated carbocycles. The quantitative estimate of drug-likeness (QED) is 0.623. The highest BCUT2D eigenvalue weighted by atomic mass is 32.2. The van der Waals surface area contributed by atoms with E-state index in [2.05, 4.69) is 5.32 Å². The van der Waals surface area contributed by atoms with Crippen LogP contribution in [0.15, 0.2) is 45.9 Å². The lowest BCUT2D eigenvalue weighted by atomic mass is 10.0. The van der Waals surface area contributed by atoms with Gasteiger partial charge in [-0.25, -0.2) is 8.42 Å². The Balaban J connectivity index is 1.55. The molecule has 0 aliphatic carbocycles. The van der Waals surface area contributed by atoms with E-state index in [1.165, 1.54) is 4.31 Å². The van der Waals surface area contributed by atoms with Gasteiger partial charge < -0.3 is 9.73 Å². The van der Waals surface area contributed by atoms with Crippen molar-refractivity contribution in [3.8, 4) is 0 Å². The van der Waals surface area contributed by atoms with E-state index in [9.17, 15) is 13.2 Å². The summed E-state index contributed by atoms with van der Waals surface area (Å²) in [5, 5.41) is 3.82. The average molecular weight is 441 g/mol. The maximum Gasteiger partial charge on any atom is 0.243 e. The van der Waals surface area contributed by atoms with Crippen LogP contribution < -0.4 is 5.32 Å². The lowest BCUT2D eigenvalue weighted by Gasteiger charge is -2.26. The third-order valence-corrected chi connectivity index (χ3v) is 8.02. The summed E-state index contributed by atoms with van der Waals surface area (Å²) in [6.07, 6.45) is 4.60. The highest BCUT2D eigenvalue weighted by Gasteiger charge is 2.26. The van der Waals surface area contributed by atoms with Crippen molar-refractivity contribution in [1.82, 2.24) is 4.31 Å². The number of piperidine rings is 1. The zero-order valence-electron chi connectivity index (χ0n) is 18.2. The molecule has 6 nitrogen and oxygen atoms in total. The summed E-state index contributed by atoms with van der Waals surface area (Å²) in [5.41, 5.74) is 5.15. The highest BCUT2D eigenvalue weighted by Crippen LogP contribution is 2.28. The van der Waals surface area contributed by atoms with Crippen molar-refractivity contribution >= 4 is 32.6 Å². The predicted molar refractivity (Wildman–Crippen MR) is 122 cm³/mol. The molecule has 0 bridgehead atoms. The average Bonchev–Trinajstić information content (AvgIpc) is 3.16. The van der Waals surface area contributed by atoms with Gasteiger partial charge in [0, 0.05) is 29.7 Å². The largest absolute Gasteiger partial charge is 0.464 e. The summed E-state index contributed by atoms with van der Waals surface area (Å²) < 4.78 is 33.2. The Morgan fingerprint density at radius 1 is 1.03 bits per heavy atom. The van der Waals surface area contributed by atoms with Gasteiger partial charge in [-0.2, -0.15) is 4.31 Å². The summed E-state index contributed by atoms with van der Waals surface area (Å²) in [7, 11) is -3.56. The van der Waals surface area contributed by atoms with Crippen LogP contribution in [0.4, 0.5) is 5.69 Å². The van der Waals surface area contributed by atoms with E-state index in [4.69, 9.17) is 4.42 Å². The molecular weight excluding hydrogens is 412 g/mol. The van der Waals surface area contributed by atoms with Gasteiger partial charge in [-0.3, -0.25) is 4.79 Å². The number of carbonyl (C=O) groups is 1. The molecule has 1 saturated heterocycles. The first-order valence-corrected chi connectivity index (χ1v) is 12.1. The summed E-state index contributed by atoms with van der Waals surface area (Å²) in [6.45, 7) is 6.97. The van der Waals surface area contributed by atoms with E-state index in [-0.39, 0.29) is 17.2 Å². The standard InChI is InChI=1S/C24H28N2O4S/c1-16-8-10-21-19(15-30-24(21)18(16)3)13-23(27)25-22-14-20(9-7-17(22)2)31(28,29)26-11-5-4-6-12-26/h7-10,14-15H,4-6,11-13H2,1-3H3,(H,25,27). The molecule has 1 aliphatic rings. The Labute approximate surface area is 183 Å². The van der Waals surface area contributed by atoms with E-state index in [0.717, 1.165) is 52.5 Å². The van der Waals surface area contributed by atoms with E-state index >= 15 is 0 Å². The first kappa shape index (κ1) is 21.6. The number of nitrogens with zero attached hydrogens (tertiary/aromatic N) is 1.